The van der Waals surface area contributed by atoms with Crippen LogP contribution in [0.15, 0.2) is 24.3 Å². The second kappa shape index (κ2) is 7.52. The molecule has 1 aromatic carbocycles. The summed E-state index contributed by atoms with van der Waals surface area (Å²) in [5, 5.41) is 6.12. The second-order valence-electron chi connectivity index (χ2n) is 4.49. The summed E-state index contributed by atoms with van der Waals surface area (Å²) >= 11 is 0. The Labute approximate surface area is 109 Å². The first-order valence-electron chi connectivity index (χ1n) is 6.21. The van der Waals surface area contributed by atoms with Crippen molar-refractivity contribution in [2.75, 3.05) is 11.9 Å². The van der Waals surface area contributed by atoms with Crippen LogP contribution < -0.4 is 10.6 Å². The van der Waals surface area contributed by atoms with Crippen molar-refractivity contribution in [3.05, 3.63) is 29.8 Å². The van der Waals surface area contributed by atoms with Crippen LogP contribution in [0.1, 0.15) is 32.3 Å². The lowest BCUT2D eigenvalue weighted by molar-refractivity contribution is -0.116. The number of carbonyl (C=O) groups excluding carboxylic acids is 1. The van der Waals surface area contributed by atoms with E-state index in [4.69, 9.17) is 6.42 Å². The molecular weight excluding hydrogens is 224 g/mol. The van der Waals surface area contributed by atoms with Crippen LogP contribution in [0.2, 0.25) is 0 Å². The molecule has 0 bridgehead atoms. The molecule has 0 unspecified atom stereocenters. The zero-order chi connectivity index (χ0) is 13.4. The summed E-state index contributed by atoms with van der Waals surface area (Å²) in [5.41, 5.74) is 1.53. The van der Waals surface area contributed by atoms with Gasteiger partial charge in [-0.05, 0) is 31.2 Å². The third-order valence-electron chi connectivity index (χ3n) is 2.45. The first-order valence-corrected chi connectivity index (χ1v) is 6.21. The molecule has 0 aliphatic carbocycles. The lowest BCUT2D eigenvalue weighted by Gasteiger charge is -2.08. The summed E-state index contributed by atoms with van der Waals surface area (Å²) in [6.45, 7) is 5.03. The van der Waals surface area contributed by atoms with Gasteiger partial charge in [0.2, 0.25) is 5.91 Å². The van der Waals surface area contributed by atoms with Crippen LogP contribution >= 0.6 is 0 Å². The molecule has 2 N–H and O–H groups in total. The van der Waals surface area contributed by atoms with Gasteiger partial charge in [-0.3, -0.25) is 4.79 Å². The Morgan fingerprint density at radius 1 is 1.44 bits per heavy atom. The lowest BCUT2D eigenvalue weighted by atomic mass is 10.2. The average molecular weight is 244 g/mol. The van der Waals surface area contributed by atoms with Crippen LogP contribution in [0.25, 0.3) is 0 Å². The first kappa shape index (κ1) is 14.3. The maximum Gasteiger partial charge on any atom is 0.224 e. The van der Waals surface area contributed by atoms with Crippen LogP contribution in [0.3, 0.4) is 0 Å². The van der Waals surface area contributed by atoms with Gasteiger partial charge in [0, 0.05) is 23.7 Å². The molecule has 0 saturated carbocycles. The van der Waals surface area contributed by atoms with Crippen molar-refractivity contribution in [1.29, 1.82) is 0 Å². The van der Waals surface area contributed by atoms with Gasteiger partial charge in [0.05, 0.1) is 0 Å². The van der Waals surface area contributed by atoms with Gasteiger partial charge >= 0.3 is 0 Å². The Kier molecular flexibility index (Phi) is 5.96. The largest absolute Gasteiger partial charge is 0.326 e. The van der Waals surface area contributed by atoms with Gasteiger partial charge in [-0.15, -0.1) is 6.42 Å². The quantitative estimate of drug-likeness (QED) is 0.596. The van der Waals surface area contributed by atoms with E-state index in [-0.39, 0.29) is 5.91 Å². The Morgan fingerprint density at radius 3 is 2.89 bits per heavy atom. The smallest absolute Gasteiger partial charge is 0.224 e. The predicted molar refractivity (Wildman–Crippen MR) is 75.4 cm³/mol. The number of terminal acetylenes is 1. The van der Waals surface area contributed by atoms with Crippen LogP contribution in [-0.4, -0.2) is 18.5 Å². The Morgan fingerprint density at radius 2 is 2.22 bits per heavy atom. The fourth-order valence-corrected chi connectivity index (χ4v) is 1.55. The first-order chi connectivity index (χ1) is 8.61. The molecule has 0 atom stereocenters. The molecule has 0 aromatic heterocycles. The maximum atomic E-state index is 11.7. The summed E-state index contributed by atoms with van der Waals surface area (Å²) in [6, 6.07) is 7.77. The highest BCUT2D eigenvalue weighted by Gasteiger charge is 2.02. The monoisotopic (exact) mass is 244 g/mol. The number of amides is 1. The van der Waals surface area contributed by atoms with E-state index >= 15 is 0 Å². The summed E-state index contributed by atoms with van der Waals surface area (Å²) < 4.78 is 0. The molecule has 0 aliphatic heterocycles. The highest BCUT2D eigenvalue weighted by atomic mass is 16.1. The highest BCUT2D eigenvalue weighted by molar-refractivity contribution is 5.90. The van der Waals surface area contributed by atoms with Crippen molar-refractivity contribution >= 4 is 11.6 Å². The maximum absolute atomic E-state index is 11.7. The van der Waals surface area contributed by atoms with Gasteiger partial charge in [-0.2, -0.15) is 0 Å². The van der Waals surface area contributed by atoms with Crippen LogP contribution in [0.4, 0.5) is 5.69 Å². The minimum atomic E-state index is 0.0229. The Bertz CT molecular complexity index is 432. The third-order valence-corrected chi connectivity index (χ3v) is 2.45. The van der Waals surface area contributed by atoms with Crippen LogP contribution in [0, 0.1) is 12.3 Å². The molecule has 1 rings (SSSR count). The second-order valence-corrected chi connectivity index (χ2v) is 4.49. The van der Waals surface area contributed by atoms with E-state index in [0.29, 0.717) is 12.5 Å². The number of anilines is 1. The number of hydrogen-bond acceptors (Lipinski definition) is 2. The molecule has 0 heterocycles. The molecule has 3 heteroatoms. The molecular formula is C15H20N2O. The van der Waals surface area contributed by atoms with E-state index in [0.717, 1.165) is 24.2 Å². The number of benzene rings is 1. The molecule has 0 fully saturated rings. The van der Waals surface area contributed by atoms with E-state index < -0.39 is 0 Å². The van der Waals surface area contributed by atoms with Gasteiger partial charge in [0.15, 0.2) is 0 Å². The van der Waals surface area contributed by atoms with Gasteiger partial charge in [-0.1, -0.05) is 25.8 Å². The summed E-state index contributed by atoms with van der Waals surface area (Å²) in [4.78, 5) is 11.7. The van der Waals surface area contributed by atoms with E-state index in [9.17, 15) is 4.79 Å². The van der Waals surface area contributed by atoms with Gasteiger partial charge in [0.1, 0.15) is 0 Å². The van der Waals surface area contributed by atoms with Crippen molar-refractivity contribution in [2.45, 2.75) is 32.7 Å². The minimum absolute atomic E-state index is 0.0229. The summed E-state index contributed by atoms with van der Waals surface area (Å²) in [5.74, 6) is 2.57. The van der Waals surface area contributed by atoms with Crippen molar-refractivity contribution in [3.8, 4) is 12.3 Å². The molecule has 0 radical (unpaired) electrons. The van der Waals surface area contributed by atoms with Crippen molar-refractivity contribution in [3.63, 3.8) is 0 Å². The average Bonchev–Trinajstić information content (AvgIpc) is 2.34. The zero-order valence-electron chi connectivity index (χ0n) is 11.0. The van der Waals surface area contributed by atoms with Crippen molar-refractivity contribution in [2.24, 2.45) is 0 Å². The molecule has 3 nitrogen and oxygen atoms in total. The van der Waals surface area contributed by atoms with Crippen LogP contribution in [0.5, 0.6) is 0 Å². The van der Waals surface area contributed by atoms with Gasteiger partial charge < -0.3 is 10.6 Å². The van der Waals surface area contributed by atoms with E-state index in [2.05, 4.69) is 30.4 Å². The Hall–Kier alpha value is -1.79. The van der Waals surface area contributed by atoms with E-state index in [1.54, 1.807) is 6.07 Å². The Balaban J connectivity index is 2.33. The molecule has 18 heavy (non-hydrogen) atoms. The van der Waals surface area contributed by atoms with Gasteiger partial charge in [-0.25, -0.2) is 0 Å². The standard InChI is InChI=1S/C15H20N2O/c1-4-13-7-5-8-14(11-13)17-15(18)9-6-10-16-12(2)3/h1,5,7-8,11-12,16H,6,9-10H2,2-3H3,(H,17,18). The SMILES string of the molecule is C#Cc1cccc(NC(=O)CCCNC(C)C)c1. The normalized spacial score (nSPS) is 10.1. The minimum Gasteiger partial charge on any atom is -0.326 e. The van der Waals surface area contributed by atoms with E-state index in [1.807, 2.05) is 18.2 Å². The number of rotatable bonds is 6. The topological polar surface area (TPSA) is 41.1 Å². The number of nitrogens with one attached hydrogen (secondary N) is 2. The molecule has 0 spiro atoms. The molecule has 0 aliphatic rings. The summed E-state index contributed by atoms with van der Waals surface area (Å²) in [6.07, 6.45) is 6.65. The molecule has 0 saturated heterocycles. The zero-order valence-corrected chi connectivity index (χ0v) is 11.0. The fourth-order valence-electron chi connectivity index (χ4n) is 1.55. The molecule has 1 amide bonds. The van der Waals surface area contributed by atoms with Gasteiger partial charge in [0.25, 0.3) is 0 Å². The third kappa shape index (κ3) is 5.51. The predicted octanol–water partition coefficient (Wildman–Crippen LogP) is 2.38. The molecule has 96 valence electrons. The van der Waals surface area contributed by atoms with E-state index in [1.165, 1.54) is 0 Å². The number of carbonyl (C=O) groups is 1. The fraction of sp³-hybridized carbons (Fsp3) is 0.400. The number of hydrogen-bond donors (Lipinski definition) is 2. The summed E-state index contributed by atoms with van der Waals surface area (Å²) in [7, 11) is 0. The van der Waals surface area contributed by atoms with Crippen LogP contribution in [-0.2, 0) is 4.79 Å². The molecule has 1 aromatic rings. The van der Waals surface area contributed by atoms with Crippen molar-refractivity contribution < 1.29 is 4.79 Å². The lowest BCUT2D eigenvalue weighted by Crippen LogP contribution is -2.24. The highest BCUT2D eigenvalue weighted by Crippen LogP contribution is 2.10. The van der Waals surface area contributed by atoms with Crippen molar-refractivity contribution in [1.82, 2.24) is 5.32 Å².